The molecule has 0 spiro atoms. The van der Waals surface area contributed by atoms with Crippen molar-refractivity contribution in [3.05, 3.63) is 11.1 Å². The molecule has 20 heavy (non-hydrogen) atoms. The maximum atomic E-state index is 11.4. The lowest BCUT2D eigenvalue weighted by Gasteiger charge is -2.33. The van der Waals surface area contributed by atoms with Crippen LogP contribution in [-0.2, 0) is 9.59 Å². The Hall–Kier alpha value is -1.32. The summed E-state index contributed by atoms with van der Waals surface area (Å²) in [6, 6.07) is 0. The highest BCUT2D eigenvalue weighted by Crippen LogP contribution is 2.41. The molecule has 4 nitrogen and oxygen atoms in total. The first kappa shape index (κ1) is 15.1. The summed E-state index contributed by atoms with van der Waals surface area (Å²) < 4.78 is 0. The molecule has 2 rings (SSSR count). The minimum absolute atomic E-state index is 0.175. The summed E-state index contributed by atoms with van der Waals surface area (Å²) >= 11 is 0. The van der Waals surface area contributed by atoms with Crippen molar-refractivity contribution >= 4 is 11.9 Å². The summed E-state index contributed by atoms with van der Waals surface area (Å²) in [4.78, 5) is 22.9. The van der Waals surface area contributed by atoms with Crippen molar-refractivity contribution in [1.82, 2.24) is 0 Å². The lowest BCUT2D eigenvalue weighted by molar-refractivity contribution is -0.140. The van der Waals surface area contributed by atoms with Crippen molar-refractivity contribution in [2.45, 2.75) is 64.2 Å². The second-order valence-corrected chi connectivity index (χ2v) is 6.11. The fourth-order valence-corrected chi connectivity index (χ4v) is 3.91. The molecule has 0 bridgehead atoms. The molecule has 0 aliphatic heterocycles. The monoisotopic (exact) mass is 280 g/mol. The van der Waals surface area contributed by atoms with Crippen LogP contribution in [0.3, 0.4) is 0 Å². The van der Waals surface area contributed by atoms with Gasteiger partial charge in [-0.25, -0.2) is 9.59 Å². The van der Waals surface area contributed by atoms with E-state index in [2.05, 4.69) is 0 Å². The van der Waals surface area contributed by atoms with Gasteiger partial charge in [0.2, 0.25) is 0 Å². The third kappa shape index (κ3) is 3.41. The number of rotatable bonds is 4. The van der Waals surface area contributed by atoms with Crippen LogP contribution in [0, 0.1) is 11.8 Å². The maximum Gasteiger partial charge on any atom is 0.343 e. The molecule has 0 atom stereocenters. The van der Waals surface area contributed by atoms with E-state index in [-0.39, 0.29) is 17.4 Å². The summed E-state index contributed by atoms with van der Waals surface area (Å²) in [7, 11) is 0. The van der Waals surface area contributed by atoms with Gasteiger partial charge in [-0.15, -0.1) is 0 Å². The second kappa shape index (κ2) is 6.91. The third-order valence-electron chi connectivity index (χ3n) is 4.81. The molecule has 2 fully saturated rings. The van der Waals surface area contributed by atoms with Crippen molar-refractivity contribution in [3.63, 3.8) is 0 Å². The Morgan fingerprint density at radius 3 is 1.30 bits per heavy atom. The lowest BCUT2D eigenvalue weighted by Crippen LogP contribution is -2.26. The Bertz CT molecular complexity index is 363. The van der Waals surface area contributed by atoms with Gasteiger partial charge in [-0.05, 0) is 43.1 Å². The standard InChI is InChI=1S/C16H24O4/c17-15(18)14(16(19)20)13(11-7-3-1-4-8-11)12-9-5-2-6-10-12/h11-12H,1-10H2,(H,17,18)(H,19,20). The zero-order valence-electron chi connectivity index (χ0n) is 11.9. The van der Waals surface area contributed by atoms with Gasteiger partial charge in [0.1, 0.15) is 5.57 Å². The highest BCUT2D eigenvalue weighted by Gasteiger charge is 2.33. The molecule has 0 saturated heterocycles. The number of carboxylic acids is 2. The molecule has 0 radical (unpaired) electrons. The number of aliphatic carboxylic acids is 2. The molecule has 2 aliphatic rings. The van der Waals surface area contributed by atoms with Crippen LogP contribution in [0.25, 0.3) is 0 Å². The van der Waals surface area contributed by atoms with Crippen LogP contribution in [-0.4, -0.2) is 22.2 Å². The van der Waals surface area contributed by atoms with Crippen molar-refractivity contribution in [2.24, 2.45) is 11.8 Å². The van der Waals surface area contributed by atoms with Crippen molar-refractivity contribution in [1.29, 1.82) is 0 Å². The Kier molecular flexibility index (Phi) is 5.21. The van der Waals surface area contributed by atoms with E-state index in [0.29, 0.717) is 0 Å². The Balaban J connectivity index is 2.37. The van der Waals surface area contributed by atoms with Gasteiger partial charge in [0.25, 0.3) is 0 Å². The van der Waals surface area contributed by atoms with Gasteiger partial charge < -0.3 is 10.2 Å². The van der Waals surface area contributed by atoms with Gasteiger partial charge in [0.05, 0.1) is 0 Å². The van der Waals surface area contributed by atoms with Gasteiger partial charge in [-0.2, -0.15) is 0 Å². The smallest absolute Gasteiger partial charge is 0.343 e. The van der Waals surface area contributed by atoms with Crippen LogP contribution in [0.15, 0.2) is 11.1 Å². The van der Waals surface area contributed by atoms with E-state index in [0.717, 1.165) is 56.9 Å². The van der Waals surface area contributed by atoms with Gasteiger partial charge in [0.15, 0.2) is 0 Å². The average Bonchev–Trinajstić information content (AvgIpc) is 2.45. The molecule has 112 valence electrons. The Morgan fingerprint density at radius 1 is 0.650 bits per heavy atom. The van der Waals surface area contributed by atoms with Crippen LogP contribution in [0.1, 0.15) is 64.2 Å². The van der Waals surface area contributed by atoms with Gasteiger partial charge in [-0.1, -0.05) is 38.5 Å². The molecule has 0 aromatic carbocycles. The Labute approximate surface area is 119 Å². The predicted octanol–water partition coefficient (Wildman–Crippen LogP) is 3.61. The molecule has 0 heterocycles. The zero-order valence-corrected chi connectivity index (χ0v) is 11.9. The summed E-state index contributed by atoms with van der Waals surface area (Å²) in [5.74, 6) is -2.17. The van der Waals surface area contributed by atoms with E-state index in [1.54, 1.807) is 0 Å². The highest BCUT2D eigenvalue weighted by atomic mass is 16.4. The van der Waals surface area contributed by atoms with Gasteiger partial charge >= 0.3 is 11.9 Å². The minimum atomic E-state index is -1.26. The van der Waals surface area contributed by atoms with E-state index < -0.39 is 11.9 Å². The first-order valence-corrected chi connectivity index (χ1v) is 7.82. The molecule has 0 unspecified atom stereocenters. The van der Waals surface area contributed by atoms with Gasteiger partial charge in [-0.3, -0.25) is 0 Å². The molecule has 2 N–H and O–H groups in total. The third-order valence-corrected chi connectivity index (χ3v) is 4.81. The molecule has 2 saturated carbocycles. The largest absolute Gasteiger partial charge is 0.477 e. The molecular formula is C16H24O4. The summed E-state index contributed by atoms with van der Waals surface area (Å²) in [5.41, 5.74) is 0.424. The number of hydrogen-bond donors (Lipinski definition) is 2. The number of carbonyl (C=O) groups is 2. The topological polar surface area (TPSA) is 74.6 Å². The van der Waals surface area contributed by atoms with E-state index in [1.807, 2.05) is 0 Å². The molecule has 0 aromatic rings. The summed E-state index contributed by atoms with van der Waals surface area (Å²) in [6.45, 7) is 0. The maximum absolute atomic E-state index is 11.4. The quantitative estimate of drug-likeness (QED) is 0.468. The normalized spacial score (nSPS) is 21.4. The van der Waals surface area contributed by atoms with Crippen LogP contribution in [0.5, 0.6) is 0 Å². The van der Waals surface area contributed by atoms with Crippen LogP contribution < -0.4 is 0 Å². The van der Waals surface area contributed by atoms with E-state index >= 15 is 0 Å². The van der Waals surface area contributed by atoms with Crippen molar-refractivity contribution in [3.8, 4) is 0 Å². The SMILES string of the molecule is O=C(O)C(C(=O)O)=C(C1CCCCC1)C1CCCCC1. The van der Waals surface area contributed by atoms with E-state index in [1.165, 1.54) is 12.8 Å². The molecular weight excluding hydrogens is 256 g/mol. The molecule has 0 aromatic heterocycles. The summed E-state index contributed by atoms with van der Waals surface area (Å²) in [6.07, 6.45) is 10.5. The van der Waals surface area contributed by atoms with Gasteiger partial charge in [0, 0.05) is 0 Å². The highest BCUT2D eigenvalue weighted by molar-refractivity contribution is 6.13. The fourth-order valence-electron chi connectivity index (χ4n) is 3.91. The van der Waals surface area contributed by atoms with Crippen molar-refractivity contribution < 1.29 is 19.8 Å². The minimum Gasteiger partial charge on any atom is -0.477 e. The lowest BCUT2D eigenvalue weighted by atomic mass is 9.72. The fraction of sp³-hybridized carbons (Fsp3) is 0.750. The second-order valence-electron chi connectivity index (χ2n) is 6.11. The van der Waals surface area contributed by atoms with Crippen LogP contribution >= 0.6 is 0 Å². The summed E-state index contributed by atoms with van der Waals surface area (Å²) in [5, 5.41) is 18.7. The van der Waals surface area contributed by atoms with Crippen molar-refractivity contribution in [2.75, 3.05) is 0 Å². The first-order valence-electron chi connectivity index (χ1n) is 7.82. The molecule has 4 heteroatoms. The zero-order chi connectivity index (χ0) is 14.5. The number of carboxylic acid groups (broad SMARTS) is 2. The van der Waals surface area contributed by atoms with E-state index in [9.17, 15) is 19.8 Å². The number of hydrogen-bond acceptors (Lipinski definition) is 2. The first-order chi connectivity index (χ1) is 9.61. The predicted molar refractivity (Wildman–Crippen MR) is 75.4 cm³/mol. The van der Waals surface area contributed by atoms with E-state index in [4.69, 9.17) is 0 Å². The van der Waals surface area contributed by atoms with Crippen LogP contribution in [0.2, 0.25) is 0 Å². The average molecular weight is 280 g/mol. The Morgan fingerprint density at radius 2 is 1.00 bits per heavy atom. The van der Waals surface area contributed by atoms with Crippen LogP contribution in [0.4, 0.5) is 0 Å². The molecule has 0 amide bonds. The number of allylic oxidation sites excluding steroid dienone is 1. The molecule has 2 aliphatic carbocycles.